The van der Waals surface area contributed by atoms with Crippen molar-refractivity contribution in [3.8, 4) is 0 Å². The lowest BCUT2D eigenvalue weighted by Gasteiger charge is -2.15. The van der Waals surface area contributed by atoms with Gasteiger partial charge >= 0.3 is 0 Å². The normalized spacial score (nSPS) is 13.4. The van der Waals surface area contributed by atoms with Crippen molar-refractivity contribution in [2.24, 2.45) is 0 Å². The van der Waals surface area contributed by atoms with Crippen molar-refractivity contribution in [2.45, 2.75) is 32.2 Å². The maximum atomic E-state index is 13.2. The van der Waals surface area contributed by atoms with Gasteiger partial charge in [0.15, 0.2) is 5.65 Å². The van der Waals surface area contributed by atoms with Crippen LogP contribution in [0.25, 0.3) is 11.0 Å². The zero-order valence-electron chi connectivity index (χ0n) is 14.3. The van der Waals surface area contributed by atoms with Gasteiger partial charge in [-0.3, -0.25) is 14.2 Å². The van der Waals surface area contributed by atoms with Gasteiger partial charge in [-0.1, -0.05) is 11.6 Å². The molecule has 1 amide bonds. The van der Waals surface area contributed by atoms with Gasteiger partial charge in [-0.25, -0.2) is 14.4 Å². The van der Waals surface area contributed by atoms with Gasteiger partial charge < -0.3 is 5.32 Å². The first-order valence-corrected chi connectivity index (χ1v) is 9.02. The Bertz CT molecular complexity index is 1110. The van der Waals surface area contributed by atoms with E-state index in [0.29, 0.717) is 16.7 Å². The smallest absolute Gasteiger partial charge is 0.263 e. The maximum absolute atomic E-state index is 13.2. The van der Waals surface area contributed by atoms with Gasteiger partial charge in [0.1, 0.15) is 18.7 Å². The number of amides is 1. The number of carbonyl (C=O) groups excluding carboxylic acids is 1. The Morgan fingerprint density at radius 3 is 2.89 bits per heavy atom. The SMILES string of the molecule is O=C(Cn1cnc2nc3c(cc2c1=O)CCCC3)Nc1ccc(F)c(Cl)c1. The lowest BCUT2D eigenvalue weighted by atomic mass is 9.95. The molecule has 1 aliphatic carbocycles. The molecule has 0 bridgehead atoms. The number of aromatic nitrogens is 3. The minimum atomic E-state index is -0.569. The van der Waals surface area contributed by atoms with E-state index in [0.717, 1.165) is 43.0 Å². The van der Waals surface area contributed by atoms with Crippen LogP contribution in [-0.4, -0.2) is 20.4 Å². The van der Waals surface area contributed by atoms with Crippen LogP contribution in [0.4, 0.5) is 10.1 Å². The van der Waals surface area contributed by atoms with Crippen LogP contribution in [0.15, 0.2) is 35.4 Å². The summed E-state index contributed by atoms with van der Waals surface area (Å²) in [5, 5.41) is 2.91. The van der Waals surface area contributed by atoms with Gasteiger partial charge in [-0.2, -0.15) is 0 Å². The molecule has 0 saturated carbocycles. The molecule has 0 radical (unpaired) electrons. The molecule has 2 heterocycles. The molecule has 0 saturated heterocycles. The number of hydrogen-bond acceptors (Lipinski definition) is 4. The lowest BCUT2D eigenvalue weighted by molar-refractivity contribution is -0.116. The number of fused-ring (bicyclic) bond motifs is 2. The monoisotopic (exact) mass is 386 g/mol. The molecule has 0 atom stereocenters. The fourth-order valence-electron chi connectivity index (χ4n) is 3.25. The van der Waals surface area contributed by atoms with E-state index < -0.39 is 11.7 Å². The molecule has 0 spiro atoms. The van der Waals surface area contributed by atoms with Crippen molar-refractivity contribution in [1.82, 2.24) is 14.5 Å². The van der Waals surface area contributed by atoms with Crippen LogP contribution < -0.4 is 10.9 Å². The fourth-order valence-corrected chi connectivity index (χ4v) is 3.43. The summed E-state index contributed by atoms with van der Waals surface area (Å²) < 4.78 is 14.4. The minimum absolute atomic E-state index is 0.0896. The number of pyridine rings is 1. The Hall–Kier alpha value is -2.80. The first-order valence-electron chi connectivity index (χ1n) is 8.64. The molecule has 0 aliphatic heterocycles. The van der Waals surface area contributed by atoms with Crippen molar-refractivity contribution in [3.05, 3.63) is 63.0 Å². The van der Waals surface area contributed by atoms with E-state index >= 15 is 0 Å². The molecule has 1 aliphatic rings. The van der Waals surface area contributed by atoms with Crippen molar-refractivity contribution in [3.63, 3.8) is 0 Å². The average Bonchev–Trinajstić information content (AvgIpc) is 2.66. The molecule has 0 unspecified atom stereocenters. The molecular weight excluding hydrogens is 371 g/mol. The van der Waals surface area contributed by atoms with Crippen LogP contribution in [-0.2, 0) is 24.2 Å². The van der Waals surface area contributed by atoms with Crippen molar-refractivity contribution < 1.29 is 9.18 Å². The molecular formula is C19H16ClFN4O2. The van der Waals surface area contributed by atoms with Crippen LogP contribution in [0.3, 0.4) is 0 Å². The lowest BCUT2D eigenvalue weighted by Crippen LogP contribution is -2.28. The molecule has 8 heteroatoms. The number of carbonyl (C=O) groups is 1. The maximum Gasteiger partial charge on any atom is 0.263 e. The third-order valence-electron chi connectivity index (χ3n) is 4.61. The summed E-state index contributed by atoms with van der Waals surface area (Å²) in [5.74, 6) is -1.01. The van der Waals surface area contributed by atoms with Crippen molar-refractivity contribution in [1.29, 1.82) is 0 Å². The largest absolute Gasteiger partial charge is 0.324 e. The van der Waals surface area contributed by atoms with E-state index in [1.807, 2.05) is 6.07 Å². The number of aryl methyl sites for hydroxylation is 2. The minimum Gasteiger partial charge on any atom is -0.324 e. The highest BCUT2D eigenvalue weighted by Crippen LogP contribution is 2.22. The number of nitrogens with zero attached hydrogens (tertiary/aromatic N) is 3. The van der Waals surface area contributed by atoms with Crippen molar-refractivity contribution in [2.75, 3.05) is 5.32 Å². The highest BCUT2D eigenvalue weighted by molar-refractivity contribution is 6.31. The highest BCUT2D eigenvalue weighted by Gasteiger charge is 2.15. The third kappa shape index (κ3) is 3.55. The van der Waals surface area contributed by atoms with Gasteiger partial charge in [0, 0.05) is 11.4 Å². The zero-order chi connectivity index (χ0) is 19.0. The first-order chi connectivity index (χ1) is 13.0. The standard InChI is InChI=1S/C19H16ClFN4O2/c20-14-8-12(5-6-15(14)21)23-17(26)9-25-10-22-18-13(19(25)27)7-11-3-1-2-4-16(11)24-18/h5-8,10H,1-4,9H2,(H,23,26). The summed E-state index contributed by atoms with van der Waals surface area (Å²) in [4.78, 5) is 33.7. The first kappa shape index (κ1) is 17.6. The van der Waals surface area contributed by atoms with Crippen LogP contribution in [0.5, 0.6) is 0 Å². The fraction of sp³-hybridized carbons (Fsp3) is 0.263. The molecule has 27 heavy (non-hydrogen) atoms. The Morgan fingerprint density at radius 1 is 1.26 bits per heavy atom. The predicted molar refractivity (Wildman–Crippen MR) is 100 cm³/mol. The summed E-state index contributed by atoms with van der Waals surface area (Å²) in [7, 11) is 0. The summed E-state index contributed by atoms with van der Waals surface area (Å²) in [6.45, 7) is -0.214. The predicted octanol–water partition coefficient (Wildman–Crippen LogP) is 3.10. The quantitative estimate of drug-likeness (QED) is 0.750. The number of halogens is 2. The number of nitrogens with one attached hydrogen (secondary N) is 1. The van der Waals surface area contributed by atoms with Crippen LogP contribution in [0.1, 0.15) is 24.1 Å². The Labute approximate surface area is 159 Å². The van der Waals surface area contributed by atoms with Gasteiger partial charge in [0.2, 0.25) is 5.91 Å². The summed E-state index contributed by atoms with van der Waals surface area (Å²) in [5.41, 5.74) is 2.53. The van der Waals surface area contributed by atoms with E-state index in [1.54, 1.807) is 0 Å². The van der Waals surface area contributed by atoms with E-state index in [9.17, 15) is 14.0 Å². The summed E-state index contributed by atoms with van der Waals surface area (Å²) in [6.07, 6.45) is 5.30. The second-order valence-electron chi connectivity index (χ2n) is 6.53. The second-order valence-corrected chi connectivity index (χ2v) is 6.93. The molecule has 1 N–H and O–H groups in total. The Kier molecular flexibility index (Phi) is 4.61. The van der Waals surface area contributed by atoms with Gasteiger partial charge in [0.25, 0.3) is 5.56 Å². The van der Waals surface area contributed by atoms with E-state index in [1.165, 1.54) is 23.0 Å². The highest BCUT2D eigenvalue weighted by atomic mass is 35.5. The Morgan fingerprint density at radius 2 is 2.07 bits per heavy atom. The molecule has 1 aromatic carbocycles. The number of anilines is 1. The third-order valence-corrected chi connectivity index (χ3v) is 4.90. The van der Waals surface area contributed by atoms with Crippen LogP contribution in [0, 0.1) is 5.82 Å². The molecule has 3 aromatic rings. The van der Waals surface area contributed by atoms with E-state index in [2.05, 4.69) is 15.3 Å². The number of benzene rings is 1. The van der Waals surface area contributed by atoms with Gasteiger partial charge in [0.05, 0.1) is 10.4 Å². The van der Waals surface area contributed by atoms with Gasteiger partial charge in [-0.15, -0.1) is 0 Å². The summed E-state index contributed by atoms with van der Waals surface area (Å²) in [6, 6.07) is 5.72. The molecule has 4 rings (SSSR count). The molecule has 138 valence electrons. The van der Waals surface area contributed by atoms with Crippen LogP contribution in [0.2, 0.25) is 5.02 Å². The average molecular weight is 387 g/mol. The van der Waals surface area contributed by atoms with E-state index in [-0.39, 0.29) is 17.1 Å². The second kappa shape index (κ2) is 7.08. The molecule has 6 nitrogen and oxygen atoms in total. The number of hydrogen-bond donors (Lipinski definition) is 1. The van der Waals surface area contributed by atoms with E-state index in [4.69, 9.17) is 11.6 Å². The molecule has 0 fully saturated rings. The zero-order valence-corrected chi connectivity index (χ0v) is 15.1. The Balaban J connectivity index is 1.59. The van der Waals surface area contributed by atoms with Gasteiger partial charge in [-0.05, 0) is 55.5 Å². The van der Waals surface area contributed by atoms with Crippen molar-refractivity contribution >= 4 is 34.2 Å². The topological polar surface area (TPSA) is 76.9 Å². The number of rotatable bonds is 3. The molecule has 2 aromatic heterocycles. The summed E-state index contributed by atoms with van der Waals surface area (Å²) >= 11 is 5.71. The van der Waals surface area contributed by atoms with Crippen LogP contribution >= 0.6 is 11.6 Å².